The summed E-state index contributed by atoms with van der Waals surface area (Å²) in [4.78, 5) is 14.5. The van der Waals surface area contributed by atoms with Crippen LogP contribution in [0.4, 0.5) is 0 Å². The number of hydrazine groups is 1. The van der Waals surface area contributed by atoms with E-state index in [-0.39, 0.29) is 24.2 Å². The first-order chi connectivity index (χ1) is 16.5. The van der Waals surface area contributed by atoms with Gasteiger partial charge in [-0.1, -0.05) is 47.7 Å². The summed E-state index contributed by atoms with van der Waals surface area (Å²) >= 11 is 1.45. The van der Waals surface area contributed by atoms with E-state index in [0.29, 0.717) is 12.3 Å². The first-order valence-corrected chi connectivity index (χ1v) is 12.4. The summed E-state index contributed by atoms with van der Waals surface area (Å²) in [6, 6.07) is 14.8. The second-order valence-corrected chi connectivity index (χ2v) is 9.78. The summed E-state index contributed by atoms with van der Waals surface area (Å²) in [6.07, 6.45) is 5.11. The van der Waals surface area contributed by atoms with Crippen LogP contribution >= 0.6 is 11.8 Å². The number of carbonyl (C=O) groups excluding carboxylic acids is 1. The fraction of sp³-hybridized carbons (Fsp3) is 0.360. The van der Waals surface area contributed by atoms with Gasteiger partial charge in [0.1, 0.15) is 11.9 Å². The SMILES string of the molecule is COc1ccc(CNC(=O)CSC2=NNC3C4CC(c5cc(C)ccc5C)NN4C=CN23)cc1. The lowest BCUT2D eigenvalue weighted by atomic mass is 9.95. The Morgan fingerprint density at radius 3 is 2.82 bits per heavy atom. The maximum Gasteiger partial charge on any atom is 0.230 e. The Balaban J connectivity index is 1.14. The molecule has 2 aromatic carbocycles. The Bertz CT molecular complexity index is 1120. The van der Waals surface area contributed by atoms with Crippen molar-refractivity contribution in [3.63, 3.8) is 0 Å². The topological polar surface area (TPSA) is 81.2 Å². The van der Waals surface area contributed by atoms with E-state index < -0.39 is 0 Å². The molecule has 3 N–H and O–H groups in total. The molecular formula is C25H30N6O2S. The first-order valence-electron chi connectivity index (χ1n) is 11.5. The smallest absolute Gasteiger partial charge is 0.230 e. The average Bonchev–Trinajstić information content (AvgIpc) is 3.47. The van der Waals surface area contributed by atoms with Crippen molar-refractivity contribution in [2.75, 3.05) is 12.9 Å². The molecule has 8 nitrogen and oxygen atoms in total. The molecule has 5 rings (SSSR count). The van der Waals surface area contributed by atoms with Crippen LogP contribution in [0.15, 0.2) is 60.0 Å². The predicted octanol–water partition coefficient (Wildman–Crippen LogP) is 2.97. The normalized spacial score (nSPS) is 22.7. The Labute approximate surface area is 204 Å². The number of nitrogens with one attached hydrogen (secondary N) is 3. The molecule has 34 heavy (non-hydrogen) atoms. The van der Waals surface area contributed by atoms with Gasteiger partial charge in [-0.05, 0) is 49.1 Å². The minimum Gasteiger partial charge on any atom is -0.497 e. The molecule has 2 aromatic rings. The molecule has 0 spiro atoms. The van der Waals surface area contributed by atoms with Crippen LogP contribution < -0.4 is 20.9 Å². The molecule has 3 aliphatic heterocycles. The largest absolute Gasteiger partial charge is 0.497 e. The van der Waals surface area contributed by atoms with Gasteiger partial charge in [-0.25, -0.2) is 5.43 Å². The summed E-state index contributed by atoms with van der Waals surface area (Å²) in [7, 11) is 1.64. The van der Waals surface area contributed by atoms with Crippen molar-refractivity contribution in [1.29, 1.82) is 0 Å². The van der Waals surface area contributed by atoms with Crippen LogP contribution in [-0.4, -0.2) is 46.1 Å². The third kappa shape index (κ3) is 4.58. The summed E-state index contributed by atoms with van der Waals surface area (Å²) < 4.78 is 5.17. The number of hydrogen-bond donors (Lipinski definition) is 3. The molecule has 1 amide bonds. The molecule has 3 atom stereocenters. The lowest BCUT2D eigenvalue weighted by Crippen LogP contribution is -2.54. The number of methoxy groups -OCH3 is 1. The molecular weight excluding hydrogens is 448 g/mol. The number of hydrazone groups is 1. The van der Waals surface area contributed by atoms with Crippen molar-refractivity contribution in [1.82, 2.24) is 26.1 Å². The maximum absolute atomic E-state index is 12.4. The van der Waals surface area contributed by atoms with Gasteiger partial charge in [-0.2, -0.15) is 5.10 Å². The quantitative estimate of drug-likeness (QED) is 0.589. The van der Waals surface area contributed by atoms with Crippen LogP contribution in [0, 0.1) is 13.8 Å². The van der Waals surface area contributed by atoms with Gasteiger partial charge in [0, 0.05) is 18.9 Å². The highest BCUT2D eigenvalue weighted by Crippen LogP contribution is 2.36. The van der Waals surface area contributed by atoms with Crippen molar-refractivity contribution in [2.45, 2.75) is 45.1 Å². The summed E-state index contributed by atoms with van der Waals surface area (Å²) in [5.74, 6) is 1.09. The average molecular weight is 479 g/mol. The summed E-state index contributed by atoms with van der Waals surface area (Å²) in [5, 5.41) is 10.5. The monoisotopic (exact) mass is 478 g/mol. The van der Waals surface area contributed by atoms with Crippen LogP contribution in [0.2, 0.25) is 0 Å². The number of aryl methyl sites for hydroxylation is 2. The van der Waals surface area contributed by atoms with Gasteiger partial charge < -0.3 is 20.0 Å². The zero-order chi connectivity index (χ0) is 23.7. The second-order valence-electron chi connectivity index (χ2n) is 8.84. The third-order valence-corrected chi connectivity index (χ3v) is 7.46. The van der Waals surface area contributed by atoms with Gasteiger partial charge in [0.25, 0.3) is 0 Å². The highest BCUT2D eigenvalue weighted by atomic mass is 32.2. The van der Waals surface area contributed by atoms with Gasteiger partial charge in [-0.3, -0.25) is 10.2 Å². The number of nitrogens with zero attached hydrogens (tertiary/aromatic N) is 3. The predicted molar refractivity (Wildman–Crippen MR) is 135 cm³/mol. The van der Waals surface area contributed by atoms with E-state index in [1.807, 2.05) is 30.5 Å². The molecule has 3 unspecified atom stereocenters. The van der Waals surface area contributed by atoms with Crippen molar-refractivity contribution < 1.29 is 9.53 Å². The number of carbonyl (C=O) groups is 1. The minimum atomic E-state index is -0.0212. The van der Waals surface area contributed by atoms with Gasteiger partial charge in [-0.15, -0.1) is 0 Å². The zero-order valence-electron chi connectivity index (χ0n) is 19.6. The van der Waals surface area contributed by atoms with Gasteiger partial charge >= 0.3 is 0 Å². The van der Waals surface area contributed by atoms with Crippen LogP contribution in [0.25, 0.3) is 0 Å². The van der Waals surface area contributed by atoms with E-state index in [4.69, 9.17) is 4.74 Å². The van der Waals surface area contributed by atoms with Crippen molar-refractivity contribution in [3.8, 4) is 5.75 Å². The number of ether oxygens (including phenoxy) is 1. The molecule has 1 saturated heterocycles. The Kier molecular flexibility index (Phi) is 6.38. The van der Waals surface area contributed by atoms with E-state index in [1.54, 1.807) is 7.11 Å². The number of rotatable bonds is 6. The second kappa shape index (κ2) is 9.60. The van der Waals surface area contributed by atoms with Crippen LogP contribution in [0.5, 0.6) is 5.75 Å². The molecule has 0 radical (unpaired) electrons. The van der Waals surface area contributed by atoms with Crippen LogP contribution in [0.1, 0.15) is 34.7 Å². The number of amides is 1. The van der Waals surface area contributed by atoms with E-state index in [1.165, 1.54) is 28.5 Å². The highest BCUT2D eigenvalue weighted by Gasteiger charge is 2.44. The van der Waals surface area contributed by atoms with Crippen molar-refractivity contribution in [3.05, 3.63) is 77.1 Å². The van der Waals surface area contributed by atoms with E-state index in [2.05, 4.69) is 69.4 Å². The lowest BCUT2D eigenvalue weighted by molar-refractivity contribution is -0.118. The van der Waals surface area contributed by atoms with Gasteiger partial charge in [0.2, 0.25) is 5.91 Å². The molecule has 178 valence electrons. The molecule has 0 aromatic heterocycles. The minimum absolute atomic E-state index is 0.0212. The summed E-state index contributed by atoms with van der Waals surface area (Å²) in [5.41, 5.74) is 11.9. The third-order valence-electron chi connectivity index (χ3n) is 6.50. The number of fused-ring (bicyclic) bond motifs is 3. The van der Waals surface area contributed by atoms with Crippen molar-refractivity contribution in [2.24, 2.45) is 5.10 Å². The molecule has 1 fully saturated rings. The molecule has 0 saturated carbocycles. The number of benzene rings is 2. The van der Waals surface area contributed by atoms with E-state index >= 15 is 0 Å². The van der Waals surface area contributed by atoms with Crippen molar-refractivity contribution >= 4 is 22.8 Å². The van der Waals surface area contributed by atoms with Crippen LogP contribution in [-0.2, 0) is 11.3 Å². The molecule has 3 heterocycles. The maximum atomic E-state index is 12.4. The number of hydrogen-bond acceptors (Lipinski definition) is 8. The first kappa shape index (κ1) is 22.6. The number of amidine groups is 1. The zero-order valence-corrected chi connectivity index (χ0v) is 20.4. The summed E-state index contributed by atoms with van der Waals surface area (Å²) in [6.45, 7) is 4.79. The standard InChI is InChI=1S/C25H30N6O2S/c1-16-4-5-17(2)20(12-16)21-13-22-24-27-28-25(30(24)10-11-31(22)29-21)34-15-23(32)26-14-18-6-8-19(33-3)9-7-18/h4-12,21-22,24,27,29H,13-15H2,1-3H3,(H,26,32). The van der Waals surface area contributed by atoms with E-state index in [9.17, 15) is 4.79 Å². The molecule has 9 heteroatoms. The molecule has 0 aliphatic carbocycles. The Morgan fingerprint density at radius 2 is 2.03 bits per heavy atom. The van der Waals surface area contributed by atoms with Gasteiger partial charge in [0.05, 0.1) is 24.9 Å². The van der Waals surface area contributed by atoms with E-state index in [0.717, 1.165) is 22.9 Å². The Morgan fingerprint density at radius 1 is 1.21 bits per heavy atom. The molecule has 3 aliphatic rings. The Hall–Kier alpha value is -3.17. The highest BCUT2D eigenvalue weighted by molar-refractivity contribution is 8.14. The molecule has 0 bridgehead atoms. The fourth-order valence-electron chi connectivity index (χ4n) is 4.61. The number of thioether (sulfide) groups is 1. The van der Waals surface area contributed by atoms with Crippen LogP contribution in [0.3, 0.4) is 0 Å². The lowest BCUT2D eigenvalue weighted by Gasteiger charge is -2.36. The van der Waals surface area contributed by atoms with Gasteiger partial charge in [0.15, 0.2) is 5.17 Å². The fourth-order valence-corrected chi connectivity index (χ4v) is 5.42.